The fourth-order valence-corrected chi connectivity index (χ4v) is 3.14. The van der Waals surface area contributed by atoms with Crippen molar-refractivity contribution in [2.24, 2.45) is 0 Å². The predicted molar refractivity (Wildman–Crippen MR) is 99.1 cm³/mol. The third kappa shape index (κ3) is 3.20. The lowest BCUT2D eigenvalue weighted by atomic mass is 10.1. The molecule has 0 saturated heterocycles. The minimum absolute atomic E-state index is 0.103. The Balaban J connectivity index is 1.57. The van der Waals surface area contributed by atoms with Crippen LogP contribution in [0.25, 0.3) is 16.9 Å². The van der Waals surface area contributed by atoms with Gasteiger partial charge in [-0.3, -0.25) is 4.79 Å². The van der Waals surface area contributed by atoms with Crippen molar-refractivity contribution >= 4 is 22.9 Å². The van der Waals surface area contributed by atoms with Crippen LogP contribution >= 0.6 is 11.3 Å². The number of anilines is 1. The maximum absolute atomic E-state index is 12.1. The number of aromatic nitrogens is 3. The Morgan fingerprint density at radius 2 is 1.76 bits per heavy atom. The molecule has 0 fully saturated rings. The van der Waals surface area contributed by atoms with Crippen LogP contribution in [0.15, 0.2) is 78.3 Å². The number of thiophene rings is 1. The van der Waals surface area contributed by atoms with Crippen LogP contribution in [0.5, 0.6) is 0 Å². The number of amides is 1. The lowest BCUT2D eigenvalue weighted by molar-refractivity contribution is 0.103. The molecule has 0 aliphatic carbocycles. The first-order chi connectivity index (χ1) is 12.3. The molecule has 0 atom stereocenters. The fourth-order valence-electron chi connectivity index (χ4n) is 2.52. The van der Waals surface area contributed by atoms with E-state index in [0.717, 1.165) is 22.6 Å². The molecule has 2 aromatic carbocycles. The van der Waals surface area contributed by atoms with Gasteiger partial charge in [-0.15, -0.1) is 16.4 Å². The van der Waals surface area contributed by atoms with Crippen LogP contribution in [-0.4, -0.2) is 20.9 Å². The van der Waals surface area contributed by atoms with E-state index < -0.39 is 0 Å². The number of rotatable bonds is 4. The molecule has 2 heterocycles. The van der Waals surface area contributed by atoms with Crippen LogP contribution in [0, 0.1) is 0 Å². The van der Waals surface area contributed by atoms with Crippen LogP contribution in [0.2, 0.25) is 0 Å². The molecular weight excluding hydrogens is 332 g/mol. The van der Waals surface area contributed by atoms with Crippen LogP contribution in [0.4, 0.5) is 5.69 Å². The second-order valence-electron chi connectivity index (χ2n) is 5.38. The predicted octanol–water partition coefficient (Wildman–Crippen LogP) is 4.25. The summed E-state index contributed by atoms with van der Waals surface area (Å²) in [6.45, 7) is 0. The fraction of sp³-hybridized carbons (Fsp3) is 0. The lowest BCUT2D eigenvalue weighted by Crippen LogP contribution is -2.10. The van der Waals surface area contributed by atoms with Crippen molar-refractivity contribution in [3.8, 4) is 16.9 Å². The Labute approximate surface area is 148 Å². The first-order valence-corrected chi connectivity index (χ1v) is 8.61. The maximum Gasteiger partial charge on any atom is 0.265 e. The molecule has 6 heteroatoms. The molecule has 4 aromatic rings. The number of hydrogen-bond donors (Lipinski definition) is 1. The Hall–Kier alpha value is -3.25. The summed E-state index contributed by atoms with van der Waals surface area (Å²) in [6, 6.07) is 21.2. The smallest absolute Gasteiger partial charge is 0.265 e. The highest BCUT2D eigenvalue weighted by Gasteiger charge is 2.10. The summed E-state index contributed by atoms with van der Waals surface area (Å²) < 4.78 is 1.78. The van der Waals surface area contributed by atoms with Gasteiger partial charge in [-0.2, -0.15) is 0 Å². The van der Waals surface area contributed by atoms with Gasteiger partial charge >= 0.3 is 0 Å². The first-order valence-electron chi connectivity index (χ1n) is 7.73. The average molecular weight is 346 g/mol. The topological polar surface area (TPSA) is 59.8 Å². The van der Waals surface area contributed by atoms with Gasteiger partial charge in [0.05, 0.1) is 22.5 Å². The van der Waals surface area contributed by atoms with Crippen LogP contribution in [0.1, 0.15) is 9.67 Å². The van der Waals surface area contributed by atoms with E-state index in [9.17, 15) is 4.79 Å². The zero-order chi connectivity index (χ0) is 17.1. The number of carbonyl (C=O) groups excluding carboxylic acids is 1. The molecular formula is C19H14N4OS. The van der Waals surface area contributed by atoms with E-state index in [-0.39, 0.29) is 5.91 Å². The molecule has 0 bridgehead atoms. The highest BCUT2D eigenvalue weighted by atomic mass is 32.1. The van der Waals surface area contributed by atoms with Gasteiger partial charge in [0.15, 0.2) is 0 Å². The van der Waals surface area contributed by atoms with E-state index in [1.807, 2.05) is 66.0 Å². The molecule has 0 aliphatic rings. The van der Waals surface area contributed by atoms with E-state index in [1.54, 1.807) is 16.9 Å². The molecule has 0 radical (unpaired) electrons. The molecule has 0 saturated carbocycles. The van der Waals surface area contributed by atoms with Gasteiger partial charge in [-0.1, -0.05) is 41.6 Å². The largest absolute Gasteiger partial charge is 0.321 e. The van der Waals surface area contributed by atoms with E-state index in [2.05, 4.69) is 15.6 Å². The molecule has 2 aromatic heterocycles. The second-order valence-corrected chi connectivity index (χ2v) is 6.32. The Kier molecular flexibility index (Phi) is 4.10. The Morgan fingerprint density at radius 3 is 2.48 bits per heavy atom. The van der Waals surface area contributed by atoms with Crippen LogP contribution < -0.4 is 5.32 Å². The summed E-state index contributed by atoms with van der Waals surface area (Å²) in [5, 5.41) is 13.0. The molecule has 122 valence electrons. The standard InChI is InChI=1S/C19H14N4OS/c24-19(18-7-4-12-25-18)21-15-8-10-16(11-9-15)23-17(13-20-22-23)14-5-2-1-3-6-14/h1-13H,(H,21,24). The molecule has 5 nitrogen and oxygen atoms in total. The molecule has 1 amide bonds. The molecule has 0 aliphatic heterocycles. The highest BCUT2D eigenvalue weighted by Crippen LogP contribution is 2.22. The van der Waals surface area contributed by atoms with E-state index >= 15 is 0 Å². The SMILES string of the molecule is O=C(Nc1ccc(-n2nncc2-c2ccccc2)cc1)c1cccs1. The maximum atomic E-state index is 12.1. The summed E-state index contributed by atoms with van der Waals surface area (Å²) in [5.74, 6) is -0.103. The summed E-state index contributed by atoms with van der Waals surface area (Å²) >= 11 is 1.42. The number of benzene rings is 2. The zero-order valence-electron chi connectivity index (χ0n) is 13.2. The van der Waals surface area contributed by atoms with Crippen molar-refractivity contribution in [2.45, 2.75) is 0 Å². The molecule has 4 rings (SSSR count). The molecule has 0 unspecified atom stereocenters. The normalized spacial score (nSPS) is 10.6. The number of nitrogens with one attached hydrogen (secondary N) is 1. The van der Waals surface area contributed by atoms with Crippen molar-refractivity contribution in [3.05, 3.63) is 83.2 Å². The van der Waals surface area contributed by atoms with E-state index in [1.165, 1.54) is 11.3 Å². The van der Waals surface area contributed by atoms with Gasteiger partial charge in [0.2, 0.25) is 0 Å². The lowest BCUT2D eigenvalue weighted by Gasteiger charge is -2.08. The zero-order valence-corrected chi connectivity index (χ0v) is 14.0. The first kappa shape index (κ1) is 15.3. The summed E-state index contributed by atoms with van der Waals surface area (Å²) in [7, 11) is 0. The Bertz CT molecular complexity index is 976. The van der Waals surface area contributed by atoms with Gasteiger partial charge in [0.1, 0.15) is 0 Å². The quantitative estimate of drug-likeness (QED) is 0.601. The third-order valence-electron chi connectivity index (χ3n) is 3.73. The van der Waals surface area contributed by atoms with Crippen LogP contribution in [0.3, 0.4) is 0 Å². The minimum Gasteiger partial charge on any atom is -0.321 e. The second kappa shape index (κ2) is 6.70. The van der Waals surface area contributed by atoms with E-state index in [4.69, 9.17) is 0 Å². The summed E-state index contributed by atoms with van der Waals surface area (Å²) in [6.07, 6.45) is 1.74. The van der Waals surface area contributed by atoms with Gasteiger partial charge in [-0.05, 0) is 35.7 Å². The summed E-state index contributed by atoms with van der Waals surface area (Å²) in [5.41, 5.74) is 3.58. The number of carbonyl (C=O) groups is 1. The summed E-state index contributed by atoms with van der Waals surface area (Å²) in [4.78, 5) is 12.8. The van der Waals surface area contributed by atoms with Gasteiger partial charge in [-0.25, -0.2) is 4.68 Å². The average Bonchev–Trinajstić information content (AvgIpc) is 3.35. The van der Waals surface area contributed by atoms with Gasteiger partial charge in [0, 0.05) is 11.3 Å². The van der Waals surface area contributed by atoms with Crippen molar-refractivity contribution < 1.29 is 4.79 Å². The van der Waals surface area contributed by atoms with Gasteiger partial charge < -0.3 is 5.32 Å². The van der Waals surface area contributed by atoms with Crippen molar-refractivity contribution in [2.75, 3.05) is 5.32 Å². The number of nitrogens with zero attached hydrogens (tertiary/aromatic N) is 3. The van der Waals surface area contributed by atoms with Crippen molar-refractivity contribution in [1.29, 1.82) is 0 Å². The van der Waals surface area contributed by atoms with Gasteiger partial charge in [0.25, 0.3) is 5.91 Å². The van der Waals surface area contributed by atoms with Crippen molar-refractivity contribution in [1.82, 2.24) is 15.0 Å². The minimum atomic E-state index is -0.103. The Morgan fingerprint density at radius 1 is 0.960 bits per heavy atom. The molecule has 1 N–H and O–H groups in total. The monoisotopic (exact) mass is 346 g/mol. The van der Waals surface area contributed by atoms with E-state index in [0.29, 0.717) is 4.88 Å². The van der Waals surface area contributed by atoms with Crippen molar-refractivity contribution in [3.63, 3.8) is 0 Å². The third-order valence-corrected chi connectivity index (χ3v) is 4.60. The number of hydrogen-bond acceptors (Lipinski definition) is 4. The molecule has 0 spiro atoms. The van der Waals surface area contributed by atoms with Crippen LogP contribution in [-0.2, 0) is 0 Å². The highest BCUT2D eigenvalue weighted by molar-refractivity contribution is 7.12. The molecule has 25 heavy (non-hydrogen) atoms.